The van der Waals surface area contributed by atoms with Crippen molar-refractivity contribution in [2.24, 2.45) is 0 Å². The van der Waals surface area contributed by atoms with Gasteiger partial charge >= 0.3 is 0 Å². The Bertz CT molecular complexity index is 1150. The summed E-state index contributed by atoms with van der Waals surface area (Å²) in [5.41, 5.74) is 3.65. The van der Waals surface area contributed by atoms with Crippen molar-refractivity contribution >= 4 is 17.4 Å². The number of hydrogen-bond acceptors (Lipinski definition) is 7. The van der Waals surface area contributed by atoms with Crippen LogP contribution in [0.3, 0.4) is 0 Å². The Kier molecular flexibility index (Phi) is 8.27. The molecule has 1 atom stereocenters. The van der Waals surface area contributed by atoms with E-state index in [1.807, 2.05) is 63.9 Å². The van der Waals surface area contributed by atoms with Crippen LogP contribution in [-0.2, 0) is 24.2 Å². The molecular formula is C27H35N5O3. The summed E-state index contributed by atoms with van der Waals surface area (Å²) in [6.45, 7) is 8.16. The van der Waals surface area contributed by atoms with Crippen molar-refractivity contribution in [2.75, 3.05) is 17.3 Å². The number of fused-ring (bicyclic) bond motifs is 1. The van der Waals surface area contributed by atoms with Gasteiger partial charge in [0.05, 0.1) is 11.8 Å². The second-order valence-electron chi connectivity index (χ2n) is 8.80. The van der Waals surface area contributed by atoms with Crippen LogP contribution in [-0.4, -0.2) is 40.1 Å². The molecule has 3 aromatic rings. The number of rotatable bonds is 8. The van der Waals surface area contributed by atoms with Crippen LogP contribution in [0.5, 0.6) is 11.6 Å². The number of benzene rings is 1. The number of likely N-dealkylation sites (N-methyl/N-ethyl adjacent to an activating group) is 1. The number of hydrogen-bond donors (Lipinski definition) is 1. The smallest absolute Gasteiger partial charge is 0.246 e. The molecule has 1 aliphatic rings. The molecule has 0 saturated heterocycles. The van der Waals surface area contributed by atoms with Gasteiger partial charge in [0.25, 0.3) is 0 Å². The lowest BCUT2D eigenvalue weighted by Gasteiger charge is -2.32. The van der Waals surface area contributed by atoms with E-state index in [9.17, 15) is 4.79 Å². The van der Waals surface area contributed by atoms with Crippen LogP contribution in [0.15, 0.2) is 42.6 Å². The number of aryl methyl sites for hydroxylation is 3. The Morgan fingerprint density at radius 1 is 1.06 bits per heavy atom. The van der Waals surface area contributed by atoms with Crippen LogP contribution in [0.2, 0.25) is 0 Å². The second kappa shape index (κ2) is 11.2. The quantitative estimate of drug-likeness (QED) is 0.501. The predicted molar refractivity (Wildman–Crippen MR) is 138 cm³/mol. The first-order valence-electron chi connectivity index (χ1n) is 11.5. The van der Waals surface area contributed by atoms with E-state index in [-0.39, 0.29) is 25.5 Å². The van der Waals surface area contributed by atoms with E-state index >= 15 is 0 Å². The monoisotopic (exact) mass is 477 g/mol. The van der Waals surface area contributed by atoms with Crippen LogP contribution in [0.1, 0.15) is 50.8 Å². The molecule has 0 unspecified atom stereocenters. The number of carbonyl (C=O) groups is 1. The van der Waals surface area contributed by atoms with Gasteiger partial charge in [-0.1, -0.05) is 19.6 Å². The molecule has 0 spiro atoms. The lowest BCUT2D eigenvalue weighted by molar-refractivity contribution is -0.117. The van der Waals surface area contributed by atoms with Gasteiger partial charge < -0.3 is 19.7 Å². The molecule has 1 aromatic carbocycles. The molecule has 0 bridgehead atoms. The van der Waals surface area contributed by atoms with E-state index in [1.165, 1.54) is 5.56 Å². The topological polar surface area (TPSA) is 89.5 Å². The summed E-state index contributed by atoms with van der Waals surface area (Å²) >= 11 is 0. The molecule has 4 rings (SSSR count). The van der Waals surface area contributed by atoms with Crippen LogP contribution < -0.4 is 19.7 Å². The van der Waals surface area contributed by atoms with Crippen molar-refractivity contribution in [3.63, 3.8) is 0 Å². The molecule has 1 aliphatic heterocycles. The summed E-state index contributed by atoms with van der Waals surface area (Å²) in [6, 6.07) is 11.6. The predicted octanol–water partition coefficient (Wildman–Crippen LogP) is 4.74. The minimum atomic E-state index is -0.260. The van der Waals surface area contributed by atoms with E-state index in [4.69, 9.17) is 14.5 Å². The average molecular weight is 478 g/mol. The normalized spacial score (nSPS) is 14.7. The Morgan fingerprint density at radius 2 is 1.77 bits per heavy atom. The van der Waals surface area contributed by atoms with Crippen molar-refractivity contribution in [3.8, 4) is 11.6 Å². The highest BCUT2D eigenvalue weighted by Gasteiger charge is 2.30. The molecule has 0 aliphatic carbocycles. The summed E-state index contributed by atoms with van der Waals surface area (Å²) in [5, 5.41) is 2.92. The molecular weight excluding hydrogens is 442 g/mol. The molecule has 3 heterocycles. The molecule has 2 aromatic heterocycles. The zero-order valence-corrected chi connectivity index (χ0v) is 20.3. The van der Waals surface area contributed by atoms with Crippen molar-refractivity contribution in [1.29, 1.82) is 0 Å². The van der Waals surface area contributed by atoms with Gasteiger partial charge in [-0.2, -0.15) is 0 Å². The van der Waals surface area contributed by atoms with E-state index in [1.54, 1.807) is 6.20 Å². The number of nitrogens with zero attached hydrogens (tertiary/aromatic N) is 4. The van der Waals surface area contributed by atoms with Gasteiger partial charge in [0.15, 0.2) is 5.82 Å². The Balaban J connectivity index is 0.00000342. The largest absolute Gasteiger partial charge is 0.489 e. The fourth-order valence-corrected chi connectivity index (χ4v) is 3.70. The highest BCUT2D eigenvalue weighted by atomic mass is 16.5. The molecule has 1 amide bonds. The SMILES string of the molecule is C.Cc1nc(CCc2ccc(OCc3ccc(OC(C)C)nc3)cc2)nc2c1NC(=O)[C@H](C)N2C. The van der Waals surface area contributed by atoms with Crippen molar-refractivity contribution < 1.29 is 14.3 Å². The van der Waals surface area contributed by atoms with E-state index in [2.05, 4.69) is 27.4 Å². The fourth-order valence-electron chi connectivity index (χ4n) is 3.70. The Labute approximate surface area is 207 Å². The first-order valence-corrected chi connectivity index (χ1v) is 11.5. The molecule has 0 fully saturated rings. The van der Waals surface area contributed by atoms with E-state index < -0.39 is 0 Å². The van der Waals surface area contributed by atoms with Gasteiger partial charge in [-0.15, -0.1) is 0 Å². The third kappa shape index (κ3) is 6.26. The van der Waals surface area contributed by atoms with E-state index in [0.717, 1.165) is 35.1 Å². The van der Waals surface area contributed by atoms with E-state index in [0.29, 0.717) is 24.6 Å². The maximum Gasteiger partial charge on any atom is 0.246 e. The average Bonchev–Trinajstić information content (AvgIpc) is 2.82. The third-order valence-corrected chi connectivity index (χ3v) is 5.78. The summed E-state index contributed by atoms with van der Waals surface area (Å²) in [6.07, 6.45) is 3.39. The summed E-state index contributed by atoms with van der Waals surface area (Å²) in [4.78, 5) is 27.6. The lowest BCUT2D eigenvalue weighted by Crippen LogP contribution is -2.45. The molecule has 1 N–H and O–H groups in total. The zero-order valence-electron chi connectivity index (χ0n) is 20.3. The van der Waals surface area contributed by atoms with Crippen molar-refractivity contribution in [1.82, 2.24) is 15.0 Å². The lowest BCUT2D eigenvalue weighted by atomic mass is 10.1. The number of nitrogens with one attached hydrogen (secondary N) is 1. The number of amides is 1. The van der Waals surface area contributed by atoms with Crippen molar-refractivity contribution in [2.45, 2.75) is 66.7 Å². The second-order valence-corrected chi connectivity index (χ2v) is 8.80. The third-order valence-electron chi connectivity index (χ3n) is 5.78. The highest BCUT2D eigenvalue weighted by molar-refractivity contribution is 6.02. The highest BCUT2D eigenvalue weighted by Crippen LogP contribution is 2.31. The van der Waals surface area contributed by atoms with Crippen molar-refractivity contribution in [3.05, 3.63) is 65.2 Å². The van der Waals surface area contributed by atoms with Crippen LogP contribution in [0.25, 0.3) is 0 Å². The molecule has 35 heavy (non-hydrogen) atoms. The maximum atomic E-state index is 12.1. The minimum Gasteiger partial charge on any atom is -0.489 e. The van der Waals surface area contributed by atoms with Gasteiger partial charge in [-0.25, -0.2) is 15.0 Å². The molecule has 8 heteroatoms. The Morgan fingerprint density at radius 3 is 2.43 bits per heavy atom. The van der Waals surface area contributed by atoms with Crippen LogP contribution in [0.4, 0.5) is 11.5 Å². The summed E-state index contributed by atoms with van der Waals surface area (Å²) < 4.78 is 11.5. The number of pyridine rings is 1. The first-order chi connectivity index (χ1) is 16.3. The Hall–Kier alpha value is -3.68. The van der Waals surface area contributed by atoms with Gasteiger partial charge in [0.1, 0.15) is 29.9 Å². The summed E-state index contributed by atoms with van der Waals surface area (Å²) in [7, 11) is 1.89. The molecule has 0 radical (unpaired) electrons. The standard InChI is InChI=1S/C26H31N5O3.CH4/c1-16(2)34-23-13-9-20(14-27-23)15-33-21-10-6-19(7-11-21)8-12-22-28-17(3)24-25(29-22)31(5)18(4)26(32)30-24;/h6-7,9-11,13-14,16,18H,8,12,15H2,1-5H3,(H,30,32);1H4/t18-;/m0./s1. The zero-order chi connectivity index (χ0) is 24.2. The minimum absolute atomic E-state index is 0. The van der Waals surface area contributed by atoms with Gasteiger partial charge in [-0.05, 0) is 57.9 Å². The van der Waals surface area contributed by atoms with Gasteiger partial charge in [0, 0.05) is 31.3 Å². The summed E-state index contributed by atoms with van der Waals surface area (Å²) in [5.74, 6) is 2.93. The number of anilines is 2. The molecule has 8 nitrogen and oxygen atoms in total. The van der Waals surface area contributed by atoms with Crippen LogP contribution in [0, 0.1) is 6.92 Å². The number of aromatic nitrogens is 3. The fraction of sp³-hybridized carbons (Fsp3) is 0.407. The number of ether oxygens (including phenoxy) is 2. The maximum absolute atomic E-state index is 12.1. The van der Waals surface area contributed by atoms with Gasteiger partial charge in [-0.3, -0.25) is 4.79 Å². The molecule has 186 valence electrons. The molecule has 0 saturated carbocycles. The first kappa shape index (κ1) is 25.9. The number of carbonyl (C=O) groups excluding carboxylic acids is 1. The van der Waals surface area contributed by atoms with Crippen LogP contribution >= 0.6 is 0 Å². The van der Waals surface area contributed by atoms with Gasteiger partial charge in [0.2, 0.25) is 11.8 Å².